The SMILES string of the molecule is Bc1ccccc1-c1ccccc1B. The molecule has 2 aromatic carbocycles. The van der Waals surface area contributed by atoms with Crippen molar-refractivity contribution < 1.29 is 0 Å². The van der Waals surface area contributed by atoms with Crippen LogP contribution in [0.5, 0.6) is 0 Å². The highest BCUT2D eigenvalue weighted by Gasteiger charge is 2.01. The standard InChI is InChI=1S/C12H12B2/c13-11-7-3-1-5-9(11)10-6-2-4-8-12(10)14/h1-8H,13-14H2. The minimum absolute atomic E-state index is 1.34. The Kier molecular flexibility index (Phi) is 2.45. The van der Waals surface area contributed by atoms with Gasteiger partial charge in [0.2, 0.25) is 0 Å². The molecule has 0 aliphatic rings. The molecule has 0 N–H and O–H groups in total. The summed E-state index contributed by atoms with van der Waals surface area (Å²) >= 11 is 0. The lowest BCUT2D eigenvalue weighted by Gasteiger charge is -2.08. The maximum Gasteiger partial charge on any atom is 0.140 e. The predicted octanol–water partition coefficient (Wildman–Crippen LogP) is -0.130. The van der Waals surface area contributed by atoms with Gasteiger partial charge in [-0.05, 0) is 11.1 Å². The van der Waals surface area contributed by atoms with E-state index in [0.29, 0.717) is 0 Å². The van der Waals surface area contributed by atoms with Crippen LogP contribution >= 0.6 is 0 Å². The number of rotatable bonds is 1. The molecule has 0 aliphatic carbocycles. The second-order valence-electron chi connectivity index (χ2n) is 3.63. The Morgan fingerprint density at radius 1 is 0.571 bits per heavy atom. The van der Waals surface area contributed by atoms with E-state index >= 15 is 0 Å². The van der Waals surface area contributed by atoms with Gasteiger partial charge >= 0.3 is 0 Å². The van der Waals surface area contributed by atoms with Gasteiger partial charge in [0, 0.05) is 0 Å². The molecule has 66 valence electrons. The van der Waals surface area contributed by atoms with E-state index in [1.54, 1.807) is 0 Å². The smallest absolute Gasteiger partial charge is 0.0813 e. The first kappa shape index (κ1) is 9.14. The molecule has 0 bridgehead atoms. The molecule has 0 amide bonds. The Labute approximate surface area is 86.8 Å². The van der Waals surface area contributed by atoms with Crippen LogP contribution in [0.15, 0.2) is 48.5 Å². The molecule has 2 heteroatoms. The number of benzene rings is 2. The minimum Gasteiger partial charge on any atom is -0.0813 e. The Morgan fingerprint density at radius 2 is 0.929 bits per heavy atom. The van der Waals surface area contributed by atoms with E-state index in [-0.39, 0.29) is 0 Å². The van der Waals surface area contributed by atoms with Crippen molar-refractivity contribution in [2.24, 2.45) is 0 Å². The first-order valence-electron chi connectivity index (χ1n) is 4.90. The van der Waals surface area contributed by atoms with Crippen molar-refractivity contribution in [2.45, 2.75) is 0 Å². The molecule has 0 spiro atoms. The molecular formula is C12H12B2. The average molecular weight is 178 g/mol. The van der Waals surface area contributed by atoms with Crippen molar-refractivity contribution in [3.63, 3.8) is 0 Å². The van der Waals surface area contributed by atoms with Crippen molar-refractivity contribution in [1.82, 2.24) is 0 Å². The van der Waals surface area contributed by atoms with Gasteiger partial charge in [0.05, 0.1) is 0 Å². The van der Waals surface area contributed by atoms with E-state index in [1.807, 2.05) is 0 Å². The van der Waals surface area contributed by atoms with Crippen molar-refractivity contribution in [3.8, 4) is 11.1 Å². The normalized spacial score (nSPS) is 10.0. The van der Waals surface area contributed by atoms with Crippen LogP contribution in [0, 0.1) is 0 Å². The van der Waals surface area contributed by atoms with Crippen LogP contribution in [0.1, 0.15) is 0 Å². The van der Waals surface area contributed by atoms with Gasteiger partial charge in [0.25, 0.3) is 0 Å². The Balaban J connectivity index is 2.61. The Hall–Kier alpha value is -1.43. The van der Waals surface area contributed by atoms with Gasteiger partial charge in [-0.2, -0.15) is 0 Å². The highest BCUT2D eigenvalue weighted by molar-refractivity contribution is 6.40. The van der Waals surface area contributed by atoms with Crippen molar-refractivity contribution in [2.75, 3.05) is 0 Å². The molecule has 0 aliphatic heterocycles. The summed E-state index contributed by atoms with van der Waals surface area (Å²) in [5, 5.41) is 0. The summed E-state index contributed by atoms with van der Waals surface area (Å²) in [5.41, 5.74) is 5.35. The molecule has 0 heterocycles. The molecule has 14 heavy (non-hydrogen) atoms. The van der Waals surface area contributed by atoms with Crippen molar-refractivity contribution in [1.29, 1.82) is 0 Å². The van der Waals surface area contributed by atoms with Crippen LogP contribution in [-0.4, -0.2) is 15.7 Å². The van der Waals surface area contributed by atoms with Crippen LogP contribution in [0.4, 0.5) is 0 Å². The Morgan fingerprint density at radius 3 is 1.29 bits per heavy atom. The summed E-state index contributed by atoms with van der Waals surface area (Å²) in [4.78, 5) is 0. The second kappa shape index (κ2) is 3.75. The van der Waals surface area contributed by atoms with Crippen LogP contribution < -0.4 is 10.9 Å². The Bertz CT molecular complexity index is 406. The number of hydrogen-bond acceptors (Lipinski definition) is 0. The lowest BCUT2D eigenvalue weighted by molar-refractivity contribution is 1.68. The molecule has 0 nitrogen and oxygen atoms in total. The zero-order valence-electron chi connectivity index (χ0n) is 8.62. The summed E-state index contributed by atoms with van der Waals surface area (Å²) < 4.78 is 0. The van der Waals surface area contributed by atoms with Gasteiger partial charge in [0.15, 0.2) is 0 Å². The molecule has 0 fully saturated rings. The lowest BCUT2D eigenvalue weighted by Crippen LogP contribution is -2.12. The maximum atomic E-state index is 2.18. The van der Waals surface area contributed by atoms with E-state index < -0.39 is 0 Å². The molecule has 2 aromatic rings. The van der Waals surface area contributed by atoms with E-state index in [1.165, 1.54) is 22.1 Å². The minimum atomic E-state index is 1.34. The van der Waals surface area contributed by atoms with Gasteiger partial charge in [-0.15, -0.1) is 0 Å². The molecule has 0 atom stereocenters. The highest BCUT2D eigenvalue weighted by Crippen LogP contribution is 2.12. The fourth-order valence-electron chi connectivity index (χ4n) is 1.75. The first-order valence-corrected chi connectivity index (χ1v) is 4.90. The van der Waals surface area contributed by atoms with E-state index in [4.69, 9.17) is 0 Å². The van der Waals surface area contributed by atoms with Crippen molar-refractivity contribution in [3.05, 3.63) is 48.5 Å². The average Bonchev–Trinajstić information content (AvgIpc) is 2.20. The van der Waals surface area contributed by atoms with Gasteiger partial charge in [-0.25, -0.2) is 0 Å². The zero-order valence-corrected chi connectivity index (χ0v) is 8.62. The fourth-order valence-corrected chi connectivity index (χ4v) is 1.75. The second-order valence-corrected chi connectivity index (χ2v) is 3.63. The summed E-state index contributed by atoms with van der Waals surface area (Å²) in [7, 11) is 4.31. The van der Waals surface area contributed by atoms with E-state index in [9.17, 15) is 0 Å². The van der Waals surface area contributed by atoms with Crippen LogP contribution in [-0.2, 0) is 0 Å². The van der Waals surface area contributed by atoms with Crippen LogP contribution in [0.3, 0.4) is 0 Å². The molecule has 0 unspecified atom stereocenters. The zero-order chi connectivity index (χ0) is 9.97. The molecule has 2 rings (SSSR count). The largest absolute Gasteiger partial charge is 0.140 e. The molecule has 0 saturated carbocycles. The topological polar surface area (TPSA) is 0 Å². The summed E-state index contributed by atoms with van der Waals surface area (Å²) in [6.07, 6.45) is 0. The van der Waals surface area contributed by atoms with Gasteiger partial charge < -0.3 is 0 Å². The maximum absolute atomic E-state index is 2.18. The van der Waals surface area contributed by atoms with Crippen LogP contribution in [0.25, 0.3) is 11.1 Å². The van der Waals surface area contributed by atoms with E-state index in [0.717, 1.165) is 0 Å². The molecule has 0 aromatic heterocycles. The molecular weight excluding hydrogens is 166 g/mol. The summed E-state index contributed by atoms with van der Waals surface area (Å²) in [6, 6.07) is 17.0. The summed E-state index contributed by atoms with van der Waals surface area (Å²) in [5.74, 6) is 0. The van der Waals surface area contributed by atoms with Crippen LogP contribution in [0.2, 0.25) is 0 Å². The molecule has 0 saturated heterocycles. The fraction of sp³-hybridized carbons (Fsp3) is 0. The number of hydrogen-bond donors (Lipinski definition) is 0. The van der Waals surface area contributed by atoms with E-state index in [2.05, 4.69) is 64.2 Å². The van der Waals surface area contributed by atoms with Crippen molar-refractivity contribution >= 4 is 26.6 Å². The monoisotopic (exact) mass is 178 g/mol. The predicted molar refractivity (Wildman–Crippen MR) is 68.2 cm³/mol. The summed E-state index contributed by atoms with van der Waals surface area (Å²) in [6.45, 7) is 0. The third kappa shape index (κ3) is 1.60. The lowest BCUT2D eigenvalue weighted by atomic mass is 9.81. The van der Waals surface area contributed by atoms with Gasteiger partial charge in [-0.3, -0.25) is 0 Å². The first-order chi connectivity index (χ1) is 6.79. The third-order valence-corrected chi connectivity index (χ3v) is 2.58. The quantitative estimate of drug-likeness (QED) is 0.533. The third-order valence-electron chi connectivity index (χ3n) is 2.58. The van der Waals surface area contributed by atoms with Gasteiger partial charge in [-0.1, -0.05) is 59.5 Å². The van der Waals surface area contributed by atoms with Gasteiger partial charge in [0.1, 0.15) is 15.7 Å². The molecule has 0 radical (unpaired) electrons. The highest BCUT2D eigenvalue weighted by atomic mass is 14.0.